The van der Waals surface area contributed by atoms with Crippen LogP contribution >= 0.6 is 0 Å². The van der Waals surface area contributed by atoms with Crippen molar-refractivity contribution in [1.29, 1.82) is 0 Å². The highest BCUT2D eigenvalue weighted by Crippen LogP contribution is 2.40. The Hall–Kier alpha value is -2.47. The largest absolute Gasteiger partial charge is 0.461 e. The molecule has 6 nitrogen and oxygen atoms in total. The number of amides is 2. The molecule has 0 spiro atoms. The molecular formula is C19H21NO5. The zero-order valence-corrected chi connectivity index (χ0v) is 14.4. The number of esters is 1. The number of hydrogen-bond acceptors (Lipinski definition) is 5. The van der Waals surface area contributed by atoms with Crippen LogP contribution in [0.15, 0.2) is 36.4 Å². The van der Waals surface area contributed by atoms with Gasteiger partial charge in [-0.15, -0.1) is 0 Å². The summed E-state index contributed by atoms with van der Waals surface area (Å²) in [6.45, 7) is 5.08. The fourth-order valence-electron chi connectivity index (χ4n) is 3.25. The summed E-state index contributed by atoms with van der Waals surface area (Å²) in [6.07, 6.45) is 4.36. The number of carbonyl (C=O) groups is 3. The molecule has 1 saturated heterocycles. The third-order valence-corrected chi connectivity index (χ3v) is 4.99. The Balaban J connectivity index is 1.63. The molecule has 3 rings (SSSR count). The van der Waals surface area contributed by atoms with Crippen LogP contribution in [0.1, 0.15) is 37.0 Å². The van der Waals surface area contributed by atoms with Crippen molar-refractivity contribution < 1.29 is 23.9 Å². The first-order valence-corrected chi connectivity index (χ1v) is 8.45. The number of benzene rings is 1. The smallest absolute Gasteiger partial charge is 0.338 e. The molecule has 6 heteroatoms. The SMILES string of the molecule is CCC1OCC1(CC)COC(=O)c1ccc(N2C(=O)C=CC2=O)cc1. The molecule has 0 bridgehead atoms. The molecule has 2 aliphatic rings. The van der Waals surface area contributed by atoms with Crippen LogP contribution in [0, 0.1) is 5.41 Å². The summed E-state index contributed by atoms with van der Waals surface area (Å²) in [6, 6.07) is 6.25. The van der Waals surface area contributed by atoms with Gasteiger partial charge in [0.25, 0.3) is 11.8 Å². The van der Waals surface area contributed by atoms with Crippen LogP contribution in [0.5, 0.6) is 0 Å². The molecule has 0 radical (unpaired) electrons. The van der Waals surface area contributed by atoms with Crippen molar-refractivity contribution in [1.82, 2.24) is 0 Å². The molecule has 0 N–H and O–H groups in total. The van der Waals surface area contributed by atoms with E-state index in [1.165, 1.54) is 12.2 Å². The summed E-state index contributed by atoms with van der Waals surface area (Å²) >= 11 is 0. The van der Waals surface area contributed by atoms with Gasteiger partial charge in [-0.3, -0.25) is 9.59 Å². The van der Waals surface area contributed by atoms with E-state index in [2.05, 4.69) is 13.8 Å². The standard InChI is InChI=1S/C19H21NO5/c1-3-15-19(4-2,11-24-15)12-25-18(23)13-5-7-14(8-6-13)20-16(21)9-10-17(20)22/h5-10,15H,3-4,11-12H2,1-2H3. The molecule has 1 aromatic rings. The average molecular weight is 343 g/mol. The van der Waals surface area contributed by atoms with E-state index >= 15 is 0 Å². The van der Waals surface area contributed by atoms with Gasteiger partial charge in [-0.05, 0) is 37.1 Å². The van der Waals surface area contributed by atoms with Gasteiger partial charge < -0.3 is 9.47 Å². The lowest BCUT2D eigenvalue weighted by Gasteiger charge is -2.48. The van der Waals surface area contributed by atoms with Crippen molar-refractivity contribution >= 4 is 23.5 Å². The minimum absolute atomic E-state index is 0.0928. The maximum Gasteiger partial charge on any atom is 0.338 e. The number of imide groups is 1. The van der Waals surface area contributed by atoms with Gasteiger partial charge in [0.2, 0.25) is 0 Å². The van der Waals surface area contributed by atoms with Crippen LogP contribution in [-0.4, -0.2) is 37.1 Å². The minimum atomic E-state index is -0.418. The van der Waals surface area contributed by atoms with E-state index < -0.39 is 5.97 Å². The van der Waals surface area contributed by atoms with Crippen LogP contribution in [0.4, 0.5) is 5.69 Å². The van der Waals surface area contributed by atoms with Crippen molar-refractivity contribution in [2.24, 2.45) is 5.41 Å². The lowest BCUT2D eigenvalue weighted by molar-refractivity contribution is -0.206. The molecule has 0 aliphatic carbocycles. The highest BCUT2D eigenvalue weighted by molar-refractivity contribution is 6.28. The van der Waals surface area contributed by atoms with Crippen molar-refractivity contribution in [3.05, 3.63) is 42.0 Å². The fourth-order valence-corrected chi connectivity index (χ4v) is 3.25. The molecule has 2 heterocycles. The molecule has 2 unspecified atom stereocenters. The zero-order chi connectivity index (χ0) is 18.0. The molecule has 2 amide bonds. The number of nitrogens with zero attached hydrogens (tertiary/aromatic N) is 1. The quantitative estimate of drug-likeness (QED) is 0.586. The Bertz CT molecular complexity index is 700. The van der Waals surface area contributed by atoms with Crippen molar-refractivity contribution in [3.63, 3.8) is 0 Å². The lowest BCUT2D eigenvalue weighted by atomic mass is 9.75. The maximum atomic E-state index is 12.3. The first-order chi connectivity index (χ1) is 12.0. The van der Waals surface area contributed by atoms with E-state index in [0.717, 1.165) is 17.7 Å². The van der Waals surface area contributed by atoms with Crippen LogP contribution in [-0.2, 0) is 19.1 Å². The van der Waals surface area contributed by atoms with Gasteiger partial charge in [0.05, 0.1) is 29.4 Å². The Labute approximate surface area is 146 Å². The number of ether oxygens (including phenoxy) is 2. The first kappa shape index (κ1) is 17.4. The summed E-state index contributed by atoms with van der Waals surface area (Å²) in [5.41, 5.74) is 0.722. The lowest BCUT2D eigenvalue weighted by Crippen LogP contribution is -2.54. The highest BCUT2D eigenvalue weighted by Gasteiger charge is 2.47. The normalized spacial score (nSPS) is 25.2. The maximum absolute atomic E-state index is 12.3. The van der Waals surface area contributed by atoms with Gasteiger partial charge in [0, 0.05) is 12.2 Å². The predicted molar refractivity (Wildman–Crippen MR) is 91.1 cm³/mol. The second-order valence-electron chi connectivity index (χ2n) is 6.39. The number of rotatable bonds is 6. The van der Waals surface area contributed by atoms with Gasteiger partial charge >= 0.3 is 5.97 Å². The molecule has 2 atom stereocenters. The molecular weight excluding hydrogens is 322 g/mol. The molecule has 2 aliphatic heterocycles. The Morgan fingerprint density at radius 1 is 1.20 bits per heavy atom. The van der Waals surface area contributed by atoms with Gasteiger partial charge in [0.15, 0.2) is 0 Å². The van der Waals surface area contributed by atoms with Gasteiger partial charge in [-0.25, -0.2) is 9.69 Å². The second kappa shape index (κ2) is 6.80. The predicted octanol–water partition coefficient (Wildman–Crippen LogP) is 2.48. The van der Waals surface area contributed by atoms with Crippen LogP contribution in [0.2, 0.25) is 0 Å². The highest BCUT2D eigenvalue weighted by atomic mass is 16.6. The summed E-state index contributed by atoms with van der Waals surface area (Å²) < 4.78 is 11.0. The van der Waals surface area contributed by atoms with Crippen LogP contribution < -0.4 is 4.90 Å². The van der Waals surface area contributed by atoms with E-state index in [1.807, 2.05) is 0 Å². The third-order valence-electron chi connectivity index (χ3n) is 4.99. The van der Waals surface area contributed by atoms with E-state index in [1.54, 1.807) is 24.3 Å². The Kier molecular flexibility index (Phi) is 4.72. The van der Waals surface area contributed by atoms with Crippen molar-refractivity contribution in [2.45, 2.75) is 32.8 Å². The summed E-state index contributed by atoms with van der Waals surface area (Å²) in [5, 5.41) is 0. The van der Waals surface area contributed by atoms with Crippen molar-refractivity contribution in [3.8, 4) is 0 Å². The second-order valence-corrected chi connectivity index (χ2v) is 6.39. The molecule has 1 aromatic carbocycles. The van der Waals surface area contributed by atoms with Crippen LogP contribution in [0.3, 0.4) is 0 Å². The average Bonchev–Trinajstić information content (AvgIpc) is 2.94. The Morgan fingerprint density at radius 2 is 1.84 bits per heavy atom. The molecule has 0 aromatic heterocycles. The molecule has 132 valence electrons. The topological polar surface area (TPSA) is 72.9 Å². The summed E-state index contributed by atoms with van der Waals surface area (Å²) in [5.74, 6) is -1.19. The molecule has 1 fully saturated rings. The number of carbonyl (C=O) groups excluding carboxylic acids is 3. The van der Waals surface area contributed by atoms with Gasteiger partial charge in [-0.2, -0.15) is 0 Å². The van der Waals surface area contributed by atoms with Gasteiger partial charge in [0.1, 0.15) is 6.61 Å². The minimum Gasteiger partial charge on any atom is -0.461 e. The fraction of sp³-hybridized carbons (Fsp3) is 0.421. The zero-order valence-electron chi connectivity index (χ0n) is 14.4. The number of anilines is 1. The summed E-state index contributed by atoms with van der Waals surface area (Å²) in [7, 11) is 0. The first-order valence-electron chi connectivity index (χ1n) is 8.45. The Morgan fingerprint density at radius 3 is 2.32 bits per heavy atom. The van der Waals surface area contributed by atoms with E-state index in [4.69, 9.17) is 9.47 Å². The monoisotopic (exact) mass is 343 g/mol. The number of hydrogen-bond donors (Lipinski definition) is 0. The third kappa shape index (κ3) is 3.09. The van der Waals surface area contributed by atoms with E-state index in [-0.39, 0.29) is 23.3 Å². The van der Waals surface area contributed by atoms with Crippen molar-refractivity contribution in [2.75, 3.05) is 18.1 Å². The molecule has 25 heavy (non-hydrogen) atoms. The van der Waals surface area contributed by atoms with Gasteiger partial charge in [-0.1, -0.05) is 13.8 Å². The van der Waals surface area contributed by atoms with Crippen LogP contribution in [0.25, 0.3) is 0 Å². The van der Waals surface area contributed by atoms with E-state index in [9.17, 15) is 14.4 Å². The van der Waals surface area contributed by atoms with E-state index in [0.29, 0.717) is 24.5 Å². The molecule has 0 saturated carbocycles. The summed E-state index contributed by atoms with van der Waals surface area (Å²) in [4.78, 5) is 36.7.